The Morgan fingerprint density at radius 1 is 1.40 bits per heavy atom. The molecule has 112 valence electrons. The Bertz CT molecular complexity index is 464. The van der Waals surface area contributed by atoms with E-state index in [1.165, 1.54) is 6.33 Å². The molecule has 0 saturated carbocycles. The number of hydrogen-bond donors (Lipinski definition) is 2. The highest BCUT2D eigenvalue weighted by Gasteiger charge is 2.24. The van der Waals surface area contributed by atoms with Gasteiger partial charge in [0.25, 0.3) is 0 Å². The topological polar surface area (TPSA) is 102 Å². The van der Waals surface area contributed by atoms with Crippen molar-refractivity contribution in [2.24, 2.45) is 5.41 Å². The second-order valence-corrected chi connectivity index (χ2v) is 5.19. The first-order valence-electron chi connectivity index (χ1n) is 6.31. The maximum atomic E-state index is 11.1. The third kappa shape index (κ3) is 4.30. The molecule has 8 nitrogen and oxygen atoms in total. The van der Waals surface area contributed by atoms with Gasteiger partial charge in [0, 0.05) is 27.3 Å². The maximum absolute atomic E-state index is 11.1. The normalized spacial score (nSPS) is 11.2. The van der Waals surface area contributed by atoms with Gasteiger partial charge in [0.1, 0.15) is 6.33 Å². The van der Waals surface area contributed by atoms with E-state index in [2.05, 4.69) is 34.4 Å². The fourth-order valence-electron chi connectivity index (χ4n) is 1.65. The van der Waals surface area contributed by atoms with Gasteiger partial charge in [-0.15, -0.1) is 0 Å². The number of nitrogens with one attached hydrogen (secondary N) is 2. The molecule has 0 amide bonds. The minimum absolute atomic E-state index is 0.0609. The third-order valence-electron chi connectivity index (χ3n) is 2.96. The SMILES string of the molecule is CNc1ncnc(NCC(C)(C)CCOC)c1[N+](=O)[O-]. The number of rotatable bonds is 8. The van der Waals surface area contributed by atoms with Crippen LogP contribution in [0, 0.1) is 15.5 Å². The summed E-state index contributed by atoms with van der Waals surface area (Å²) in [5.41, 5.74) is -0.202. The van der Waals surface area contributed by atoms with Crippen LogP contribution in [-0.4, -0.2) is 42.2 Å². The first kappa shape index (κ1) is 16.1. The van der Waals surface area contributed by atoms with Gasteiger partial charge in [-0.05, 0) is 11.8 Å². The van der Waals surface area contributed by atoms with Crippen molar-refractivity contribution in [2.45, 2.75) is 20.3 Å². The summed E-state index contributed by atoms with van der Waals surface area (Å²) in [5, 5.41) is 16.8. The fraction of sp³-hybridized carbons (Fsp3) is 0.667. The summed E-state index contributed by atoms with van der Waals surface area (Å²) in [4.78, 5) is 18.4. The van der Waals surface area contributed by atoms with Crippen LogP contribution in [0.1, 0.15) is 20.3 Å². The van der Waals surface area contributed by atoms with Crippen LogP contribution in [0.3, 0.4) is 0 Å². The molecule has 0 aliphatic carbocycles. The molecule has 1 rings (SSSR count). The van der Waals surface area contributed by atoms with Crippen molar-refractivity contribution in [3.63, 3.8) is 0 Å². The van der Waals surface area contributed by atoms with Gasteiger partial charge >= 0.3 is 5.69 Å². The van der Waals surface area contributed by atoms with Crippen LogP contribution >= 0.6 is 0 Å². The number of hydrogen-bond acceptors (Lipinski definition) is 7. The second-order valence-electron chi connectivity index (χ2n) is 5.19. The van der Waals surface area contributed by atoms with Gasteiger partial charge in [0.15, 0.2) is 0 Å². The standard InChI is InChI=1S/C12H21N5O3/c1-12(2,5-6-20-4)7-14-11-9(17(18)19)10(13-3)15-8-16-11/h8H,5-7H2,1-4H3,(H2,13,14,15,16). The number of nitro groups is 1. The van der Waals surface area contributed by atoms with Gasteiger partial charge in [-0.3, -0.25) is 10.1 Å². The van der Waals surface area contributed by atoms with Crippen molar-refractivity contribution in [3.8, 4) is 0 Å². The minimum Gasteiger partial charge on any atom is -0.385 e. The highest BCUT2D eigenvalue weighted by molar-refractivity contribution is 5.68. The van der Waals surface area contributed by atoms with E-state index in [0.717, 1.165) is 6.42 Å². The molecule has 0 radical (unpaired) electrons. The van der Waals surface area contributed by atoms with Crippen molar-refractivity contribution in [1.82, 2.24) is 9.97 Å². The molecule has 8 heteroatoms. The fourth-order valence-corrected chi connectivity index (χ4v) is 1.65. The van der Waals surface area contributed by atoms with Gasteiger partial charge in [0.2, 0.25) is 11.6 Å². The van der Waals surface area contributed by atoms with Gasteiger partial charge in [0.05, 0.1) is 4.92 Å². The average molecular weight is 283 g/mol. The molecule has 0 fully saturated rings. The molecule has 20 heavy (non-hydrogen) atoms. The lowest BCUT2D eigenvalue weighted by Crippen LogP contribution is -2.25. The average Bonchev–Trinajstić information content (AvgIpc) is 2.42. The summed E-state index contributed by atoms with van der Waals surface area (Å²) in [7, 11) is 3.24. The molecule has 0 spiro atoms. The van der Waals surface area contributed by atoms with E-state index in [4.69, 9.17) is 4.74 Å². The summed E-state index contributed by atoms with van der Waals surface area (Å²) in [6.07, 6.45) is 2.14. The van der Waals surface area contributed by atoms with E-state index in [-0.39, 0.29) is 22.7 Å². The zero-order valence-corrected chi connectivity index (χ0v) is 12.3. The first-order valence-corrected chi connectivity index (χ1v) is 6.31. The molecule has 0 aliphatic heterocycles. The van der Waals surface area contributed by atoms with Crippen molar-refractivity contribution in [1.29, 1.82) is 0 Å². The van der Waals surface area contributed by atoms with Crippen LogP contribution in [0.15, 0.2) is 6.33 Å². The lowest BCUT2D eigenvalue weighted by Gasteiger charge is -2.24. The van der Waals surface area contributed by atoms with Gasteiger partial charge < -0.3 is 15.4 Å². The summed E-state index contributed by atoms with van der Waals surface area (Å²) >= 11 is 0. The van der Waals surface area contributed by atoms with E-state index >= 15 is 0 Å². The lowest BCUT2D eigenvalue weighted by atomic mass is 9.90. The smallest absolute Gasteiger partial charge is 0.353 e. The monoisotopic (exact) mass is 283 g/mol. The van der Waals surface area contributed by atoms with Crippen LogP contribution in [0.2, 0.25) is 0 Å². The Hall–Kier alpha value is -1.96. The Morgan fingerprint density at radius 3 is 2.60 bits per heavy atom. The predicted octanol–water partition coefficient (Wildman–Crippen LogP) is 1.90. The zero-order chi connectivity index (χ0) is 15.2. The van der Waals surface area contributed by atoms with Gasteiger partial charge in [-0.2, -0.15) is 0 Å². The summed E-state index contributed by atoms with van der Waals surface area (Å²) in [6, 6.07) is 0. The van der Waals surface area contributed by atoms with E-state index in [1.807, 2.05) is 0 Å². The maximum Gasteiger partial charge on any atom is 0.353 e. The summed E-state index contributed by atoms with van der Waals surface area (Å²) < 4.78 is 5.06. The molecular weight excluding hydrogens is 262 g/mol. The molecule has 1 aromatic rings. The quantitative estimate of drug-likeness (QED) is 0.555. The molecule has 0 atom stereocenters. The van der Waals surface area contributed by atoms with E-state index in [0.29, 0.717) is 13.2 Å². The minimum atomic E-state index is -0.490. The Kier molecular flexibility index (Phi) is 5.63. The lowest BCUT2D eigenvalue weighted by molar-refractivity contribution is -0.383. The van der Waals surface area contributed by atoms with Crippen LogP contribution in [0.25, 0.3) is 0 Å². The molecule has 0 unspecified atom stereocenters. The molecular formula is C12H21N5O3. The van der Waals surface area contributed by atoms with E-state index in [9.17, 15) is 10.1 Å². The Labute approximate surface area is 118 Å². The van der Waals surface area contributed by atoms with Crippen molar-refractivity contribution in [2.75, 3.05) is 37.9 Å². The molecule has 1 heterocycles. The Morgan fingerprint density at radius 2 is 2.05 bits per heavy atom. The van der Waals surface area contributed by atoms with Gasteiger partial charge in [-0.1, -0.05) is 13.8 Å². The molecule has 2 N–H and O–H groups in total. The molecule has 0 bridgehead atoms. The van der Waals surface area contributed by atoms with Gasteiger partial charge in [-0.25, -0.2) is 9.97 Å². The van der Waals surface area contributed by atoms with Crippen LogP contribution in [0.5, 0.6) is 0 Å². The first-order chi connectivity index (χ1) is 9.41. The Balaban J connectivity index is 2.85. The highest BCUT2D eigenvalue weighted by Crippen LogP contribution is 2.30. The molecule has 0 aliphatic rings. The van der Waals surface area contributed by atoms with Crippen LogP contribution < -0.4 is 10.6 Å². The summed E-state index contributed by atoms with van der Waals surface area (Å²) in [6.45, 7) is 5.32. The largest absolute Gasteiger partial charge is 0.385 e. The number of aromatic nitrogens is 2. The highest BCUT2D eigenvalue weighted by atomic mass is 16.6. The third-order valence-corrected chi connectivity index (χ3v) is 2.96. The summed E-state index contributed by atoms with van der Waals surface area (Å²) in [5.74, 6) is 0.419. The van der Waals surface area contributed by atoms with Crippen molar-refractivity contribution < 1.29 is 9.66 Å². The van der Waals surface area contributed by atoms with Crippen molar-refractivity contribution >= 4 is 17.3 Å². The molecule has 1 aromatic heterocycles. The van der Waals surface area contributed by atoms with E-state index in [1.54, 1.807) is 14.2 Å². The van der Waals surface area contributed by atoms with E-state index < -0.39 is 4.92 Å². The van der Waals surface area contributed by atoms with Crippen LogP contribution in [0.4, 0.5) is 17.3 Å². The predicted molar refractivity (Wildman–Crippen MR) is 77.0 cm³/mol. The number of anilines is 2. The zero-order valence-electron chi connectivity index (χ0n) is 12.3. The number of nitrogens with zero attached hydrogens (tertiary/aromatic N) is 3. The molecule has 0 aromatic carbocycles. The van der Waals surface area contributed by atoms with Crippen molar-refractivity contribution in [3.05, 3.63) is 16.4 Å². The van der Waals surface area contributed by atoms with Crippen LogP contribution in [-0.2, 0) is 4.74 Å². The second kappa shape index (κ2) is 6.99. The number of methoxy groups -OCH3 is 1. The number of ether oxygens (including phenoxy) is 1. The molecule has 0 saturated heterocycles.